The number of anilines is 2. The number of unbranched alkanes of at least 4 members (excludes halogenated alkanes) is 2. The van der Waals surface area contributed by atoms with Gasteiger partial charge in [-0.2, -0.15) is 4.39 Å². The quantitative estimate of drug-likeness (QED) is 0.117. The van der Waals surface area contributed by atoms with E-state index < -0.39 is 22.6 Å². The van der Waals surface area contributed by atoms with E-state index >= 15 is 0 Å². The standard InChI is InChI=1S/C29H38FNO4S2/c1-5-8-15-29(16-9-6-2)20-31(22-13-11-10-12-14-22)24-17-26(36-7-3)25(18-27(24)37(33)21-29)35-19-23(30)28(32)34-4/h10-14,17-19H,5-9,15-16,20-21H2,1-4H3/b23-19-. The smallest absolute Gasteiger partial charge is 0.370 e. The largest absolute Gasteiger partial charge is 0.464 e. The number of methoxy groups -OCH3 is 1. The molecule has 0 aliphatic carbocycles. The van der Waals surface area contributed by atoms with Gasteiger partial charge in [0.15, 0.2) is 0 Å². The lowest BCUT2D eigenvalue weighted by atomic mass is 9.79. The third-order valence-electron chi connectivity index (χ3n) is 6.65. The molecule has 0 amide bonds. The first-order chi connectivity index (χ1) is 17.9. The van der Waals surface area contributed by atoms with Crippen molar-refractivity contribution in [1.29, 1.82) is 0 Å². The number of fused-ring (bicyclic) bond motifs is 1. The van der Waals surface area contributed by atoms with Crippen LogP contribution in [-0.2, 0) is 20.3 Å². The van der Waals surface area contributed by atoms with Gasteiger partial charge in [0, 0.05) is 29.5 Å². The number of esters is 1. The second kappa shape index (κ2) is 14.0. The lowest BCUT2D eigenvalue weighted by Gasteiger charge is -2.37. The number of halogens is 1. The van der Waals surface area contributed by atoms with E-state index in [1.165, 1.54) is 0 Å². The van der Waals surface area contributed by atoms with Crippen molar-refractivity contribution in [2.24, 2.45) is 5.41 Å². The topological polar surface area (TPSA) is 55.8 Å². The van der Waals surface area contributed by atoms with Crippen LogP contribution < -0.4 is 9.64 Å². The maximum Gasteiger partial charge on any atom is 0.370 e. The molecule has 1 unspecified atom stereocenters. The van der Waals surface area contributed by atoms with Gasteiger partial charge in [-0.25, -0.2) is 4.79 Å². The van der Waals surface area contributed by atoms with Crippen molar-refractivity contribution >= 4 is 39.9 Å². The minimum atomic E-state index is -1.29. The lowest BCUT2D eigenvalue weighted by molar-refractivity contribution is -0.137. The Hall–Kier alpha value is -2.32. The third-order valence-corrected chi connectivity index (χ3v) is 9.26. The minimum Gasteiger partial charge on any atom is -0.464 e. The number of hydrogen-bond acceptors (Lipinski definition) is 6. The first-order valence-corrected chi connectivity index (χ1v) is 15.3. The molecular weight excluding hydrogens is 509 g/mol. The van der Waals surface area contributed by atoms with Crippen LogP contribution in [0.5, 0.6) is 5.75 Å². The Bertz CT molecular complexity index is 1100. The Balaban J connectivity index is 2.16. The minimum absolute atomic E-state index is 0.0955. The highest BCUT2D eigenvalue weighted by molar-refractivity contribution is 7.99. The molecule has 202 valence electrons. The maximum atomic E-state index is 14.1. The summed E-state index contributed by atoms with van der Waals surface area (Å²) in [6.07, 6.45) is 7.14. The fourth-order valence-corrected chi connectivity index (χ4v) is 7.22. The van der Waals surface area contributed by atoms with Gasteiger partial charge >= 0.3 is 5.97 Å². The van der Waals surface area contributed by atoms with Gasteiger partial charge in [-0.05, 0) is 36.8 Å². The fraction of sp³-hybridized carbons (Fsp3) is 0.483. The summed E-state index contributed by atoms with van der Waals surface area (Å²) in [5, 5.41) is 0. The zero-order valence-electron chi connectivity index (χ0n) is 22.3. The average molecular weight is 548 g/mol. The Morgan fingerprint density at radius 3 is 2.41 bits per heavy atom. The molecule has 0 fully saturated rings. The van der Waals surface area contributed by atoms with E-state index in [1.54, 1.807) is 17.8 Å². The number of nitrogens with zero attached hydrogens (tertiary/aromatic N) is 1. The van der Waals surface area contributed by atoms with E-state index in [4.69, 9.17) is 4.74 Å². The summed E-state index contributed by atoms with van der Waals surface area (Å²) in [5.74, 6) is -0.523. The molecule has 0 N–H and O–H groups in total. The van der Waals surface area contributed by atoms with Gasteiger partial charge in [-0.1, -0.05) is 64.7 Å². The van der Waals surface area contributed by atoms with Crippen LogP contribution in [0.25, 0.3) is 0 Å². The zero-order valence-corrected chi connectivity index (χ0v) is 23.9. The summed E-state index contributed by atoms with van der Waals surface area (Å²) >= 11 is 1.55. The Labute approximate surface area is 227 Å². The molecule has 2 aromatic rings. The van der Waals surface area contributed by atoms with Gasteiger partial charge in [-0.15, -0.1) is 11.8 Å². The molecule has 1 aliphatic rings. The second-order valence-corrected chi connectivity index (χ2v) is 12.1. The molecule has 3 rings (SSSR count). The molecular formula is C29H38FNO4S2. The monoisotopic (exact) mass is 547 g/mol. The van der Waals surface area contributed by atoms with Crippen LogP contribution in [0.3, 0.4) is 0 Å². The maximum absolute atomic E-state index is 14.1. The molecule has 0 bridgehead atoms. The third kappa shape index (κ3) is 7.38. The predicted octanol–water partition coefficient (Wildman–Crippen LogP) is 7.79. The van der Waals surface area contributed by atoms with Crippen LogP contribution in [0.15, 0.2) is 64.3 Å². The van der Waals surface area contributed by atoms with E-state index in [1.807, 2.05) is 31.2 Å². The van der Waals surface area contributed by atoms with Gasteiger partial charge in [0.25, 0.3) is 0 Å². The molecule has 0 aromatic heterocycles. The van der Waals surface area contributed by atoms with E-state index in [0.29, 0.717) is 16.4 Å². The van der Waals surface area contributed by atoms with Crippen LogP contribution in [0.4, 0.5) is 15.8 Å². The fourth-order valence-electron chi connectivity index (χ4n) is 4.74. The van der Waals surface area contributed by atoms with Crippen molar-refractivity contribution in [3.05, 3.63) is 54.6 Å². The summed E-state index contributed by atoms with van der Waals surface area (Å²) < 4.78 is 38.2. The number of thioether (sulfide) groups is 1. The normalized spacial score (nSPS) is 17.2. The number of carbonyl (C=O) groups is 1. The molecule has 37 heavy (non-hydrogen) atoms. The Morgan fingerprint density at radius 2 is 1.81 bits per heavy atom. The van der Waals surface area contributed by atoms with Crippen molar-refractivity contribution in [2.45, 2.75) is 69.1 Å². The highest BCUT2D eigenvalue weighted by Gasteiger charge is 2.39. The number of carbonyl (C=O) groups excluding carboxylic acids is 1. The molecule has 1 atom stereocenters. The van der Waals surface area contributed by atoms with Crippen molar-refractivity contribution in [3.63, 3.8) is 0 Å². The van der Waals surface area contributed by atoms with E-state index in [9.17, 15) is 13.4 Å². The average Bonchev–Trinajstić information content (AvgIpc) is 3.03. The summed E-state index contributed by atoms with van der Waals surface area (Å²) in [5.41, 5.74) is 1.85. The number of rotatable bonds is 12. The van der Waals surface area contributed by atoms with Crippen LogP contribution in [0, 0.1) is 5.41 Å². The van der Waals surface area contributed by atoms with Gasteiger partial charge in [0.1, 0.15) is 12.0 Å². The van der Waals surface area contributed by atoms with Crippen molar-refractivity contribution < 1.29 is 22.9 Å². The molecule has 1 heterocycles. The molecule has 8 heteroatoms. The number of para-hydroxylation sites is 1. The summed E-state index contributed by atoms with van der Waals surface area (Å²) in [6.45, 7) is 7.20. The molecule has 5 nitrogen and oxygen atoms in total. The van der Waals surface area contributed by atoms with Crippen LogP contribution in [0.2, 0.25) is 0 Å². The Morgan fingerprint density at radius 1 is 1.14 bits per heavy atom. The van der Waals surface area contributed by atoms with Crippen LogP contribution >= 0.6 is 11.8 Å². The Kier molecular flexibility index (Phi) is 11.1. The van der Waals surface area contributed by atoms with Gasteiger partial charge in [0.05, 0.1) is 33.4 Å². The molecule has 1 aliphatic heterocycles. The number of ether oxygens (including phenoxy) is 2. The van der Waals surface area contributed by atoms with Gasteiger partial charge in [-0.3, -0.25) is 4.21 Å². The number of hydrogen-bond donors (Lipinski definition) is 0. The first-order valence-electron chi connectivity index (χ1n) is 13.0. The zero-order chi connectivity index (χ0) is 26.8. The molecule has 0 spiro atoms. The highest BCUT2D eigenvalue weighted by Crippen LogP contribution is 2.47. The van der Waals surface area contributed by atoms with E-state index in [2.05, 4.69) is 35.6 Å². The number of benzene rings is 2. The molecule has 0 saturated heterocycles. The van der Waals surface area contributed by atoms with Gasteiger partial charge in [0.2, 0.25) is 5.83 Å². The highest BCUT2D eigenvalue weighted by atomic mass is 32.2. The lowest BCUT2D eigenvalue weighted by Crippen LogP contribution is -2.37. The van der Waals surface area contributed by atoms with E-state index in [0.717, 1.165) is 80.5 Å². The first kappa shape index (κ1) is 29.2. The van der Waals surface area contributed by atoms with Crippen molar-refractivity contribution in [3.8, 4) is 5.75 Å². The van der Waals surface area contributed by atoms with Crippen LogP contribution in [0.1, 0.15) is 59.3 Å². The molecule has 2 aromatic carbocycles. The SMILES string of the molecule is CCCCC1(CCCC)CN(c2ccccc2)c2cc(SCC)c(O/C=C(\F)C(=O)OC)cc2S(=O)C1. The summed E-state index contributed by atoms with van der Waals surface area (Å²) in [7, 11) is -0.175. The summed E-state index contributed by atoms with van der Waals surface area (Å²) in [4.78, 5) is 15.3. The van der Waals surface area contributed by atoms with Crippen molar-refractivity contribution in [1.82, 2.24) is 0 Å². The molecule has 0 saturated carbocycles. The van der Waals surface area contributed by atoms with E-state index in [-0.39, 0.29) is 5.41 Å². The summed E-state index contributed by atoms with van der Waals surface area (Å²) in [6, 6.07) is 14.0. The molecule has 0 radical (unpaired) electrons. The van der Waals surface area contributed by atoms with Crippen molar-refractivity contribution in [2.75, 3.05) is 30.1 Å². The van der Waals surface area contributed by atoms with Gasteiger partial charge < -0.3 is 14.4 Å². The second-order valence-electron chi connectivity index (χ2n) is 9.39. The predicted molar refractivity (Wildman–Crippen MR) is 151 cm³/mol. The van der Waals surface area contributed by atoms with Crippen LogP contribution in [-0.4, -0.2) is 35.3 Å².